The molecule has 9 nitrogen and oxygen atoms in total. The van der Waals surface area contributed by atoms with E-state index in [0.717, 1.165) is 55.1 Å². The lowest BCUT2D eigenvalue weighted by atomic mass is 10.1. The van der Waals surface area contributed by atoms with Gasteiger partial charge in [-0.3, -0.25) is 4.99 Å². The first-order chi connectivity index (χ1) is 14.6. The summed E-state index contributed by atoms with van der Waals surface area (Å²) in [4.78, 5) is 13.6. The van der Waals surface area contributed by atoms with Crippen molar-refractivity contribution in [3.05, 3.63) is 23.5 Å². The highest BCUT2D eigenvalue weighted by atomic mass is 32.1. The molecule has 1 aliphatic heterocycles. The number of nitrogens with one attached hydrogen (secondary N) is 1. The number of benzene rings is 1. The molecule has 1 fully saturated rings. The largest absolute Gasteiger partial charge is 0.493 e. The van der Waals surface area contributed by atoms with Crippen molar-refractivity contribution in [2.75, 3.05) is 59.5 Å². The van der Waals surface area contributed by atoms with Crippen molar-refractivity contribution in [3.63, 3.8) is 0 Å². The van der Waals surface area contributed by atoms with Crippen LogP contribution in [0.3, 0.4) is 0 Å². The zero-order chi connectivity index (χ0) is 21.5. The fourth-order valence-electron chi connectivity index (χ4n) is 3.44. The lowest BCUT2D eigenvalue weighted by Gasteiger charge is -2.36. The zero-order valence-corrected chi connectivity index (χ0v) is 19.1. The van der Waals surface area contributed by atoms with E-state index < -0.39 is 0 Å². The Hall–Kier alpha value is -2.75. The predicted molar refractivity (Wildman–Crippen MR) is 119 cm³/mol. The van der Waals surface area contributed by atoms with Gasteiger partial charge in [-0.05, 0) is 12.1 Å². The van der Waals surface area contributed by atoms with E-state index in [1.54, 1.807) is 28.4 Å². The number of rotatable bonds is 7. The maximum Gasteiger partial charge on any atom is 0.205 e. The highest BCUT2D eigenvalue weighted by Gasteiger charge is 2.23. The fourth-order valence-corrected chi connectivity index (χ4v) is 4.24. The summed E-state index contributed by atoms with van der Waals surface area (Å²) < 4.78 is 20.8. The molecule has 164 valence electrons. The monoisotopic (exact) mass is 434 g/mol. The van der Waals surface area contributed by atoms with Crippen LogP contribution in [-0.4, -0.2) is 74.8 Å². The molecule has 10 heteroatoms. The Labute approximate surface area is 181 Å². The van der Waals surface area contributed by atoms with Gasteiger partial charge in [-0.2, -0.15) is 4.37 Å². The van der Waals surface area contributed by atoms with Gasteiger partial charge in [0, 0.05) is 63.3 Å². The van der Waals surface area contributed by atoms with Gasteiger partial charge in [0.25, 0.3) is 0 Å². The van der Waals surface area contributed by atoms with Crippen molar-refractivity contribution in [1.29, 1.82) is 0 Å². The van der Waals surface area contributed by atoms with E-state index in [-0.39, 0.29) is 0 Å². The Morgan fingerprint density at radius 2 is 1.83 bits per heavy atom. The molecule has 0 saturated carbocycles. The molecule has 30 heavy (non-hydrogen) atoms. The minimum atomic E-state index is 0.562. The van der Waals surface area contributed by atoms with Gasteiger partial charge in [0.1, 0.15) is 5.82 Å². The number of hydrogen-bond acceptors (Lipinski definition) is 8. The normalized spacial score (nSPS) is 14.6. The number of anilines is 1. The molecule has 0 bridgehead atoms. The van der Waals surface area contributed by atoms with Gasteiger partial charge < -0.3 is 29.3 Å². The topological polar surface area (TPSA) is 84.3 Å². The van der Waals surface area contributed by atoms with E-state index in [0.29, 0.717) is 23.8 Å². The van der Waals surface area contributed by atoms with Gasteiger partial charge in [0.2, 0.25) is 10.9 Å². The Kier molecular flexibility index (Phi) is 7.56. The Morgan fingerprint density at radius 3 is 2.40 bits per heavy atom. The summed E-state index contributed by atoms with van der Waals surface area (Å²) in [6.45, 7) is 6.14. The molecule has 0 spiro atoms. The molecular weight excluding hydrogens is 404 g/mol. The molecule has 1 aromatic carbocycles. The van der Waals surface area contributed by atoms with E-state index in [1.807, 2.05) is 12.1 Å². The first-order valence-corrected chi connectivity index (χ1v) is 10.7. The van der Waals surface area contributed by atoms with Gasteiger partial charge in [-0.25, -0.2) is 4.98 Å². The highest BCUT2D eigenvalue weighted by molar-refractivity contribution is 7.09. The average Bonchev–Trinajstić information content (AvgIpc) is 3.28. The van der Waals surface area contributed by atoms with E-state index in [2.05, 4.69) is 36.4 Å². The number of piperazine rings is 1. The van der Waals surface area contributed by atoms with Crippen LogP contribution in [0.15, 0.2) is 17.1 Å². The molecule has 0 unspecified atom stereocenters. The van der Waals surface area contributed by atoms with Crippen molar-refractivity contribution in [2.45, 2.75) is 19.9 Å². The molecule has 0 aliphatic carbocycles. The summed E-state index contributed by atoms with van der Waals surface area (Å²) >= 11 is 1.48. The summed E-state index contributed by atoms with van der Waals surface area (Å²) in [5.74, 6) is 3.66. The van der Waals surface area contributed by atoms with Crippen molar-refractivity contribution < 1.29 is 14.2 Å². The number of aliphatic imine (C=N–C) groups is 1. The lowest BCUT2D eigenvalue weighted by Crippen LogP contribution is -2.52. The van der Waals surface area contributed by atoms with Crippen LogP contribution >= 0.6 is 11.5 Å². The smallest absolute Gasteiger partial charge is 0.205 e. The minimum Gasteiger partial charge on any atom is -0.493 e. The number of methoxy groups -OCH3 is 3. The second-order valence-electron chi connectivity index (χ2n) is 6.72. The Morgan fingerprint density at radius 1 is 1.10 bits per heavy atom. The van der Waals surface area contributed by atoms with Crippen LogP contribution in [0.25, 0.3) is 0 Å². The first-order valence-electron chi connectivity index (χ1n) is 9.96. The first kappa shape index (κ1) is 21.9. The Balaban J connectivity index is 1.62. The minimum absolute atomic E-state index is 0.562. The average molecular weight is 435 g/mol. The molecule has 1 aliphatic rings. The highest BCUT2D eigenvalue weighted by Crippen LogP contribution is 2.39. The molecule has 1 aromatic heterocycles. The Bertz CT molecular complexity index is 864. The van der Waals surface area contributed by atoms with Gasteiger partial charge in [0.05, 0.1) is 21.3 Å². The van der Waals surface area contributed by atoms with Crippen molar-refractivity contribution in [1.82, 2.24) is 19.6 Å². The third-order valence-electron chi connectivity index (χ3n) is 5.06. The van der Waals surface area contributed by atoms with Crippen molar-refractivity contribution in [3.8, 4) is 17.2 Å². The fraction of sp³-hybridized carbons (Fsp3) is 0.550. The number of nitrogens with zero attached hydrogens (tertiary/aromatic N) is 5. The van der Waals surface area contributed by atoms with Gasteiger partial charge in [-0.15, -0.1) is 0 Å². The van der Waals surface area contributed by atoms with Crippen LogP contribution < -0.4 is 24.4 Å². The van der Waals surface area contributed by atoms with E-state index in [1.165, 1.54) is 11.5 Å². The van der Waals surface area contributed by atoms with Crippen LogP contribution in [0.2, 0.25) is 0 Å². The number of hydrogen-bond donors (Lipinski definition) is 1. The maximum atomic E-state index is 5.58. The standard InChI is InChI=1S/C20H30N6O3S/c1-6-16-23-20(30-24-16)26-11-9-25(10-12-26)19(21-2)22-13-14-7-8-15(27-3)18(29-5)17(14)28-4/h7-8H,6,9-13H2,1-5H3,(H,21,22). The van der Waals surface area contributed by atoms with Gasteiger partial charge >= 0.3 is 0 Å². The van der Waals surface area contributed by atoms with Crippen LogP contribution in [0.1, 0.15) is 18.3 Å². The van der Waals surface area contributed by atoms with Gasteiger partial charge in [-0.1, -0.05) is 6.92 Å². The van der Waals surface area contributed by atoms with Crippen LogP contribution in [0, 0.1) is 0 Å². The number of aromatic nitrogens is 2. The summed E-state index contributed by atoms with van der Waals surface area (Å²) in [5.41, 5.74) is 0.968. The number of ether oxygens (including phenoxy) is 3. The molecule has 0 amide bonds. The molecule has 2 heterocycles. The SMILES string of the molecule is CCc1nsc(N2CCN(C(=NC)NCc3ccc(OC)c(OC)c3OC)CC2)n1. The summed E-state index contributed by atoms with van der Waals surface area (Å²) in [6, 6.07) is 3.85. The van der Waals surface area contributed by atoms with Crippen LogP contribution in [0.4, 0.5) is 5.13 Å². The molecular formula is C20H30N6O3S. The van der Waals surface area contributed by atoms with E-state index in [9.17, 15) is 0 Å². The van der Waals surface area contributed by atoms with Gasteiger partial charge in [0.15, 0.2) is 17.5 Å². The zero-order valence-electron chi connectivity index (χ0n) is 18.3. The second kappa shape index (κ2) is 10.3. The summed E-state index contributed by atoms with van der Waals surface area (Å²) in [5, 5.41) is 4.45. The molecule has 1 N–H and O–H groups in total. The third-order valence-corrected chi connectivity index (χ3v) is 5.87. The van der Waals surface area contributed by atoms with Crippen LogP contribution in [0.5, 0.6) is 17.2 Å². The van der Waals surface area contributed by atoms with Crippen LogP contribution in [-0.2, 0) is 13.0 Å². The maximum absolute atomic E-state index is 5.58. The van der Waals surface area contributed by atoms with E-state index in [4.69, 9.17) is 14.2 Å². The molecule has 2 aromatic rings. The second-order valence-corrected chi connectivity index (χ2v) is 7.45. The number of aryl methyl sites for hydroxylation is 1. The van der Waals surface area contributed by atoms with Crippen molar-refractivity contribution >= 4 is 22.6 Å². The summed E-state index contributed by atoms with van der Waals surface area (Å²) in [6.07, 6.45) is 0.868. The molecule has 0 radical (unpaired) electrons. The quantitative estimate of drug-likeness (QED) is 0.523. The molecule has 0 atom stereocenters. The summed E-state index contributed by atoms with van der Waals surface area (Å²) in [7, 11) is 6.66. The third kappa shape index (κ3) is 4.69. The lowest BCUT2D eigenvalue weighted by molar-refractivity contribution is 0.321. The predicted octanol–water partition coefficient (Wildman–Crippen LogP) is 2.02. The molecule has 1 saturated heterocycles. The number of guanidine groups is 1. The van der Waals surface area contributed by atoms with Crippen molar-refractivity contribution in [2.24, 2.45) is 4.99 Å². The molecule has 3 rings (SSSR count). The van der Waals surface area contributed by atoms with E-state index >= 15 is 0 Å².